The molecule has 114 valence electrons. The molecule has 2 fully saturated rings. The molecule has 1 aromatic rings. The van der Waals surface area contributed by atoms with E-state index in [9.17, 15) is 4.79 Å². The predicted molar refractivity (Wildman–Crippen MR) is 83.4 cm³/mol. The highest BCUT2D eigenvalue weighted by Crippen LogP contribution is 2.30. The SMILES string of the molecule is CNc1ccnc(C(=O)N2CCC3C(CCCN3C)C2)c1. The lowest BCUT2D eigenvalue weighted by molar-refractivity contribution is 0.0313. The number of carbonyl (C=O) groups excluding carboxylic acids is 1. The summed E-state index contributed by atoms with van der Waals surface area (Å²) in [5, 5.41) is 3.06. The first-order valence-corrected chi connectivity index (χ1v) is 7.82. The molecule has 3 rings (SSSR count). The summed E-state index contributed by atoms with van der Waals surface area (Å²) < 4.78 is 0. The van der Waals surface area contributed by atoms with E-state index in [0.717, 1.165) is 25.2 Å². The molecular formula is C16H24N4O. The number of fused-ring (bicyclic) bond motifs is 1. The maximum atomic E-state index is 12.6. The molecule has 0 spiro atoms. The van der Waals surface area contributed by atoms with Gasteiger partial charge in [0.05, 0.1) is 0 Å². The number of aromatic nitrogens is 1. The van der Waals surface area contributed by atoms with Gasteiger partial charge in [-0.1, -0.05) is 0 Å². The van der Waals surface area contributed by atoms with Crippen molar-refractivity contribution in [2.24, 2.45) is 5.92 Å². The number of likely N-dealkylation sites (tertiary alicyclic amines) is 2. The van der Waals surface area contributed by atoms with Crippen LogP contribution in [0, 0.1) is 5.92 Å². The van der Waals surface area contributed by atoms with Crippen LogP contribution >= 0.6 is 0 Å². The Morgan fingerprint density at radius 2 is 2.24 bits per heavy atom. The van der Waals surface area contributed by atoms with E-state index < -0.39 is 0 Å². The van der Waals surface area contributed by atoms with Gasteiger partial charge in [-0.25, -0.2) is 0 Å². The van der Waals surface area contributed by atoms with Crippen molar-refractivity contribution >= 4 is 11.6 Å². The second-order valence-electron chi connectivity index (χ2n) is 6.17. The molecule has 3 heterocycles. The maximum Gasteiger partial charge on any atom is 0.272 e. The second-order valence-corrected chi connectivity index (χ2v) is 6.17. The topological polar surface area (TPSA) is 48.5 Å². The number of carbonyl (C=O) groups is 1. The lowest BCUT2D eigenvalue weighted by Gasteiger charge is -2.45. The molecule has 21 heavy (non-hydrogen) atoms. The Kier molecular flexibility index (Phi) is 4.10. The average molecular weight is 288 g/mol. The summed E-state index contributed by atoms with van der Waals surface area (Å²) in [6.07, 6.45) is 5.26. The van der Waals surface area contributed by atoms with E-state index in [2.05, 4.69) is 22.2 Å². The molecule has 0 aliphatic carbocycles. The maximum absolute atomic E-state index is 12.6. The van der Waals surface area contributed by atoms with Crippen LogP contribution in [0.3, 0.4) is 0 Å². The normalized spacial score (nSPS) is 26.3. The third-order valence-corrected chi connectivity index (χ3v) is 4.90. The van der Waals surface area contributed by atoms with Crippen molar-refractivity contribution in [2.75, 3.05) is 39.0 Å². The van der Waals surface area contributed by atoms with E-state index in [4.69, 9.17) is 0 Å². The minimum absolute atomic E-state index is 0.0683. The van der Waals surface area contributed by atoms with E-state index in [1.54, 1.807) is 6.20 Å². The van der Waals surface area contributed by atoms with Gasteiger partial charge in [0.25, 0.3) is 5.91 Å². The van der Waals surface area contributed by atoms with Gasteiger partial charge in [0, 0.05) is 38.1 Å². The van der Waals surface area contributed by atoms with Crippen LogP contribution in [-0.2, 0) is 0 Å². The smallest absolute Gasteiger partial charge is 0.272 e. The first kappa shape index (κ1) is 14.3. The van der Waals surface area contributed by atoms with Crippen molar-refractivity contribution < 1.29 is 4.79 Å². The highest BCUT2D eigenvalue weighted by Gasteiger charge is 2.36. The number of amides is 1. The molecule has 5 heteroatoms. The molecular weight excluding hydrogens is 264 g/mol. The molecule has 1 N–H and O–H groups in total. The van der Waals surface area contributed by atoms with Crippen LogP contribution in [0.25, 0.3) is 0 Å². The van der Waals surface area contributed by atoms with Gasteiger partial charge in [-0.15, -0.1) is 0 Å². The van der Waals surface area contributed by atoms with Gasteiger partial charge in [0.15, 0.2) is 0 Å². The zero-order valence-electron chi connectivity index (χ0n) is 12.9. The van der Waals surface area contributed by atoms with Crippen molar-refractivity contribution in [1.29, 1.82) is 0 Å². The summed E-state index contributed by atoms with van der Waals surface area (Å²) in [4.78, 5) is 21.3. The highest BCUT2D eigenvalue weighted by molar-refractivity contribution is 5.93. The monoisotopic (exact) mass is 288 g/mol. The van der Waals surface area contributed by atoms with E-state index in [-0.39, 0.29) is 5.91 Å². The van der Waals surface area contributed by atoms with Gasteiger partial charge >= 0.3 is 0 Å². The molecule has 0 bridgehead atoms. The Bertz CT molecular complexity index is 519. The Labute approximate surface area is 126 Å². The summed E-state index contributed by atoms with van der Waals surface area (Å²) in [6, 6.07) is 4.36. The zero-order valence-corrected chi connectivity index (χ0v) is 12.9. The molecule has 2 aliphatic rings. The number of nitrogens with zero attached hydrogens (tertiary/aromatic N) is 3. The molecule has 1 aromatic heterocycles. The van der Waals surface area contributed by atoms with Crippen molar-refractivity contribution in [3.8, 4) is 0 Å². The van der Waals surface area contributed by atoms with Gasteiger partial charge in [-0.05, 0) is 50.9 Å². The van der Waals surface area contributed by atoms with Crippen LogP contribution < -0.4 is 5.32 Å². The Morgan fingerprint density at radius 1 is 1.38 bits per heavy atom. The lowest BCUT2D eigenvalue weighted by atomic mass is 9.84. The third kappa shape index (κ3) is 2.88. The molecule has 2 atom stereocenters. The Morgan fingerprint density at radius 3 is 3.05 bits per heavy atom. The van der Waals surface area contributed by atoms with Crippen LogP contribution in [0.4, 0.5) is 5.69 Å². The van der Waals surface area contributed by atoms with Gasteiger partial charge < -0.3 is 15.1 Å². The van der Waals surface area contributed by atoms with Crippen molar-refractivity contribution in [2.45, 2.75) is 25.3 Å². The first-order chi connectivity index (χ1) is 10.2. The van der Waals surface area contributed by atoms with E-state index in [1.165, 1.54) is 19.4 Å². The van der Waals surface area contributed by atoms with Crippen LogP contribution in [-0.4, -0.2) is 60.5 Å². The molecule has 2 aliphatic heterocycles. The lowest BCUT2D eigenvalue weighted by Crippen LogP contribution is -2.54. The fourth-order valence-corrected chi connectivity index (χ4v) is 3.70. The molecule has 2 saturated heterocycles. The largest absolute Gasteiger partial charge is 0.388 e. The molecule has 0 radical (unpaired) electrons. The number of rotatable bonds is 2. The summed E-state index contributed by atoms with van der Waals surface area (Å²) in [6.45, 7) is 2.91. The van der Waals surface area contributed by atoms with E-state index in [0.29, 0.717) is 17.7 Å². The average Bonchev–Trinajstić information content (AvgIpc) is 2.54. The molecule has 1 amide bonds. The van der Waals surface area contributed by atoms with Gasteiger partial charge in [0.2, 0.25) is 0 Å². The van der Waals surface area contributed by atoms with Gasteiger partial charge in [-0.3, -0.25) is 9.78 Å². The number of hydrogen-bond donors (Lipinski definition) is 1. The van der Waals surface area contributed by atoms with Crippen molar-refractivity contribution in [3.05, 3.63) is 24.0 Å². The molecule has 0 saturated carbocycles. The fourth-order valence-electron chi connectivity index (χ4n) is 3.70. The first-order valence-electron chi connectivity index (χ1n) is 7.82. The third-order valence-electron chi connectivity index (χ3n) is 4.90. The Balaban J connectivity index is 1.71. The molecule has 5 nitrogen and oxygen atoms in total. The van der Waals surface area contributed by atoms with Crippen molar-refractivity contribution in [1.82, 2.24) is 14.8 Å². The summed E-state index contributed by atoms with van der Waals surface area (Å²) in [5.74, 6) is 0.688. The summed E-state index contributed by atoms with van der Waals surface area (Å²) >= 11 is 0. The predicted octanol–water partition coefficient (Wildman–Crippen LogP) is 1.68. The summed E-state index contributed by atoms with van der Waals surface area (Å²) in [5.41, 5.74) is 1.48. The minimum atomic E-state index is 0.0683. The number of pyridine rings is 1. The standard InChI is InChI=1S/C16H24N4O/c1-17-13-5-7-18-14(10-13)16(21)20-9-6-15-12(11-20)4-3-8-19(15)2/h5,7,10,12,15H,3-4,6,8-9,11H2,1-2H3,(H,17,18). The van der Waals surface area contributed by atoms with Crippen LogP contribution in [0.5, 0.6) is 0 Å². The zero-order chi connectivity index (χ0) is 14.8. The quantitative estimate of drug-likeness (QED) is 0.899. The summed E-state index contributed by atoms with van der Waals surface area (Å²) in [7, 11) is 4.07. The number of anilines is 1. The van der Waals surface area contributed by atoms with Crippen LogP contribution in [0.15, 0.2) is 18.3 Å². The number of piperidine rings is 2. The Hall–Kier alpha value is -1.62. The van der Waals surface area contributed by atoms with Gasteiger partial charge in [0.1, 0.15) is 5.69 Å². The van der Waals surface area contributed by atoms with Crippen molar-refractivity contribution in [3.63, 3.8) is 0 Å². The van der Waals surface area contributed by atoms with E-state index in [1.807, 2.05) is 24.1 Å². The minimum Gasteiger partial charge on any atom is -0.388 e. The van der Waals surface area contributed by atoms with Gasteiger partial charge in [-0.2, -0.15) is 0 Å². The highest BCUT2D eigenvalue weighted by atomic mass is 16.2. The fraction of sp³-hybridized carbons (Fsp3) is 0.625. The van der Waals surface area contributed by atoms with E-state index >= 15 is 0 Å². The second kappa shape index (κ2) is 6.02. The molecule has 2 unspecified atom stereocenters. The van der Waals surface area contributed by atoms with Crippen LogP contribution in [0.2, 0.25) is 0 Å². The number of nitrogens with one attached hydrogen (secondary N) is 1. The molecule has 0 aromatic carbocycles. The van der Waals surface area contributed by atoms with Crippen LogP contribution in [0.1, 0.15) is 29.8 Å². The number of hydrogen-bond acceptors (Lipinski definition) is 4.